The molecule has 1 atom stereocenters. The average Bonchev–Trinajstić information content (AvgIpc) is 2.14. The third kappa shape index (κ3) is 2.76. The number of hydrogen-bond donors (Lipinski definition) is 1. The first kappa shape index (κ1) is 11.1. The van der Waals surface area contributed by atoms with E-state index in [1.807, 2.05) is 12.1 Å². The van der Waals surface area contributed by atoms with Crippen molar-refractivity contribution < 1.29 is 5.11 Å². The molecule has 1 aromatic carbocycles. The van der Waals surface area contributed by atoms with E-state index in [9.17, 15) is 5.11 Å². The minimum atomic E-state index is 0.369. The molecule has 0 bridgehead atoms. The molecule has 0 radical (unpaired) electrons. The first-order valence-corrected chi connectivity index (χ1v) is 5.44. The first-order chi connectivity index (χ1) is 6.65. The summed E-state index contributed by atoms with van der Waals surface area (Å²) in [7, 11) is 0. The van der Waals surface area contributed by atoms with Gasteiger partial charge in [-0.2, -0.15) is 0 Å². The number of rotatable bonds is 4. The van der Waals surface area contributed by atoms with Crippen molar-refractivity contribution >= 4 is 0 Å². The molecule has 78 valence electrons. The SMILES string of the molecule is CCCCC(C)c1ccc(O)cc1C. The normalized spacial score (nSPS) is 12.8. The van der Waals surface area contributed by atoms with Crippen LogP contribution in [0, 0.1) is 6.92 Å². The Morgan fingerprint density at radius 2 is 2.07 bits per heavy atom. The minimum absolute atomic E-state index is 0.369. The van der Waals surface area contributed by atoms with E-state index >= 15 is 0 Å². The molecule has 0 aliphatic heterocycles. The van der Waals surface area contributed by atoms with Crippen LogP contribution in [0.15, 0.2) is 18.2 Å². The van der Waals surface area contributed by atoms with E-state index in [1.54, 1.807) is 6.07 Å². The van der Waals surface area contributed by atoms with Gasteiger partial charge in [-0.1, -0.05) is 32.8 Å². The Morgan fingerprint density at radius 1 is 1.36 bits per heavy atom. The van der Waals surface area contributed by atoms with Crippen molar-refractivity contribution in [1.82, 2.24) is 0 Å². The molecule has 1 heteroatoms. The van der Waals surface area contributed by atoms with E-state index in [4.69, 9.17) is 0 Å². The molecule has 1 aromatic rings. The maximum atomic E-state index is 9.30. The van der Waals surface area contributed by atoms with Crippen LogP contribution in [0.4, 0.5) is 0 Å². The van der Waals surface area contributed by atoms with Crippen molar-refractivity contribution in [1.29, 1.82) is 0 Å². The maximum Gasteiger partial charge on any atom is 0.115 e. The molecule has 14 heavy (non-hydrogen) atoms. The number of phenols is 1. The highest BCUT2D eigenvalue weighted by atomic mass is 16.3. The fourth-order valence-corrected chi connectivity index (χ4v) is 1.88. The Kier molecular flexibility index (Phi) is 3.99. The van der Waals surface area contributed by atoms with Crippen LogP contribution in [0.25, 0.3) is 0 Å². The summed E-state index contributed by atoms with van der Waals surface area (Å²) in [5.41, 5.74) is 2.57. The third-order valence-corrected chi connectivity index (χ3v) is 2.77. The quantitative estimate of drug-likeness (QED) is 0.764. The molecule has 0 aliphatic carbocycles. The van der Waals surface area contributed by atoms with E-state index in [-0.39, 0.29) is 0 Å². The molecule has 0 saturated heterocycles. The van der Waals surface area contributed by atoms with Crippen LogP contribution >= 0.6 is 0 Å². The summed E-state index contributed by atoms with van der Waals surface area (Å²) in [6.07, 6.45) is 3.77. The molecule has 1 unspecified atom stereocenters. The highest BCUT2D eigenvalue weighted by Crippen LogP contribution is 2.26. The van der Waals surface area contributed by atoms with Crippen LogP contribution < -0.4 is 0 Å². The molecule has 0 saturated carbocycles. The van der Waals surface area contributed by atoms with Crippen LogP contribution in [-0.4, -0.2) is 5.11 Å². The summed E-state index contributed by atoms with van der Waals surface area (Å²) in [4.78, 5) is 0. The fourth-order valence-electron chi connectivity index (χ4n) is 1.88. The smallest absolute Gasteiger partial charge is 0.115 e. The van der Waals surface area contributed by atoms with Crippen LogP contribution in [0.3, 0.4) is 0 Å². The predicted octanol–water partition coefficient (Wildman–Crippen LogP) is 3.99. The predicted molar refractivity (Wildman–Crippen MR) is 60.8 cm³/mol. The number of benzene rings is 1. The summed E-state index contributed by atoms with van der Waals surface area (Å²) in [6.45, 7) is 6.54. The van der Waals surface area contributed by atoms with E-state index in [2.05, 4.69) is 20.8 Å². The lowest BCUT2D eigenvalue weighted by atomic mass is 9.92. The van der Waals surface area contributed by atoms with Crippen molar-refractivity contribution in [2.24, 2.45) is 0 Å². The first-order valence-electron chi connectivity index (χ1n) is 5.44. The molecule has 1 nitrogen and oxygen atoms in total. The number of aromatic hydroxyl groups is 1. The van der Waals surface area contributed by atoms with Crippen LogP contribution in [-0.2, 0) is 0 Å². The lowest BCUT2D eigenvalue weighted by molar-refractivity contribution is 0.474. The summed E-state index contributed by atoms with van der Waals surface area (Å²) >= 11 is 0. The Morgan fingerprint density at radius 3 is 2.64 bits per heavy atom. The second-order valence-electron chi connectivity index (χ2n) is 4.08. The molecule has 1 N–H and O–H groups in total. The molecule has 0 spiro atoms. The molecule has 0 heterocycles. The highest BCUT2D eigenvalue weighted by Gasteiger charge is 2.07. The number of unbranched alkanes of at least 4 members (excludes halogenated alkanes) is 1. The zero-order valence-electron chi connectivity index (χ0n) is 9.38. The lowest BCUT2D eigenvalue weighted by Gasteiger charge is -2.14. The summed E-state index contributed by atoms with van der Waals surface area (Å²) in [6, 6.07) is 5.67. The van der Waals surface area contributed by atoms with Gasteiger partial charge in [0.25, 0.3) is 0 Å². The van der Waals surface area contributed by atoms with E-state index < -0.39 is 0 Å². The monoisotopic (exact) mass is 192 g/mol. The van der Waals surface area contributed by atoms with Gasteiger partial charge >= 0.3 is 0 Å². The van der Waals surface area contributed by atoms with Gasteiger partial charge in [0.15, 0.2) is 0 Å². The van der Waals surface area contributed by atoms with Crippen molar-refractivity contribution in [3.63, 3.8) is 0 Å². The standard InChI is InChI=1S/C13H20O/c1-4-5-6-10(2)13-8-7-12(14)9-11(13)3/h7-10,14H,4-6H2,1-3H3. The lowest BCUT2D eigenvalue weighted by Crippen LogP contribution is -1.96. The molecule has 0 amide bonds. The van der Waals surface area contributed by atoms with Gasteiger partial charge in [-0.3, -0.25) is 0 Å². The number of phenolic OH excluding ortho intramolecular Hbond substituents is 1. The molecular weight excluding hydrogens is 172 g/mol. The maximum absolute atomic E-state index is 9.30. The van der Waals surface area contributed by atoms with Gasteiger partial charge in [-0.15, -0.1) is 0 Å². The molecule has 1 rings (SSSR count). The number of hydrogen-bond acceptors (Lipinski definition) is 1. The summed E-state index contributed by atoms with van der Waals surface area (Å²) in [5, 5.41) is 9.30. The highest BCUT2D eigenvalue weighted by molar-refractivity contribution is 5.35. The van der Waals surface area contributed by atoms with Crippen LogP contribution in [0.2, 0.25) is 0 Å². The van der Waals surface area contributed by atoms with Gasteiger partial charge in [-0.25, -0.2) is 0 Å². The van der Waals surface area contributed by atoms with Gasteiger partial charge in [0.2, 0.25) is 0 Å². The Bertz CT molecular complexity index is 291. The van der Waals surface area contributed by atoms with Crippen molar-refractivity contribution in [2.45, 2.75) is 46.0 Å². The van der Waals surface area contributed by atoms with Gasteiger partial charge in [0, 0.05) is 0 Å². The van der Waals surface area contributed by atoms with Crippen molar-refractivity contribution in [3.8, 4) is 5.75 Å². The zero-order valence-corrected chi connectivity index (χ0v) is 9.38. The second kappa shape index (κ2) is 5.04. The van der Waals surface area contributed by atoms with Gasteiger partial charge < -0.3 is 5.11 Å². The molecule has 0 aliphatic rings. The van der Waals surface area contributed by atoms with E-state index in [0.717, 1.165) is 0 Å². The number of aryl methyl sites for hydroxylation is 1. The van der Waals surface area contributed by atoms with Crippen molar-refractivity contribution in [2.75, 3.05) is 0 Å². The van der Waals surface area contributed by atoms with E-state index in [1.165, 1.54) is 30.4 Å². The Balaban J connectivity index is 2.74. The Hall–Kier alpha value is -0.980. The third-order valence-electron chi connectivity index (χ3n) is 2.77. The van der Waals surface area contributed by atoms with Crippen LogP contribution in [0.1, 0.15) is 50.2 Å². The van der Waals surface area contributed by atoms with E-state index in [0.29, 0.717) is 11.7 Å². The molecule has 0 aromatic heterocycles. The largest absolute Gasteiger partial charge is 0.508 e. The molecule has 0 fully saturated rings. The van der Waals surface area contributed by atoms with Gasteiger partial charge in [-0.05, 0) is 42.5 Å². The molecular formula is C13H20O. The van der Waals surface area contributed by atoms with Gasteiger partial charge in [0.05, 0.1) is 0 Å². The minimum Gasteiger partial charge on any atom is -0.508 e. The Labute approximate surface area is 86.8 Å². The summed E-state index contributed by atoms with van der Waals surface area (Å²) < 4.78 is 0. The van der Waals surface area contributed by atoms with Crippen LogP contribution in [0.5, 0.6) is 5.75 Å². The fraction of sp³-hybridized carbons (Fsp3) is 0.538. The second-order valence-corrected chi connectivity index (χ2v) is 4.08. The topological polar surface area (TPSA) is 20.2 Å². The average molecular weight is 192 g/mol. The van der Waals surface area contributed by atoms with Gasteiger partial charge in [0.1, 0.15) is 5.75 Å². The summed E-state index contributed by atoms with van der Waals surface area (Å²) in [5.74, 6) is 0.976. The zero-order chi connectivity index (χ0) is 10.6. The van der Waals surface area contributed by atoms with Crippen molar-refractivity contribution in [3.05, 3.63) is 29.3 Å².